The summed E-state index contributed by atoms with van der Waals surface area (Å²) in [5.41, 5.74) is 10.2. The Morgan fingerprint density at radius 1 is 1.12 bits per heavy atom. The molecule has 2 atom stereocenters. The maximum atomic E-state index is 12.4. The Bertz CT molecular complexity index is 1100. The van der Waals surface area contributed by atoms with E-state index in [9.17, 15) is 14.4 Å². The second-order valence-electron chi connectivity index (χ2n) is 10.5. The van der Waals surface area contributed by atoms with Gasteiger partial charge in [-0.2, -0.15) is 0 Å². The van der Waals surface area contributed by atoms with Gasteiger partial charge < -0.3 is 30.4 Å². The molecular weight excluding hydrogens is 506 g/mol. The molecule has 2 amide bonds. The van der Waals surface area contributed by atoms with E-state index in [0.717, 1.165) is 80.0 Å². The molecule has 1 heterocycles. The van der Waals surface area contributed by atoms with E-state index in [1.807, 2.05) is 38.1 Å². The minimum absolute atomic E-state index is 0.000330. The minimum Gasteiger partial charge on any atom is -0.494 e. The maximum Gasteiger partial charge on any atom is 0.242 e. The van der Waals surface area contributed by atoms with Crippen LogP contribution in [0.2, 0.25) is 0 Å². The average Bonchev–Trinajstić information content (AvgIpc) is 2.97. The molecule has 0 aromatic heterocycles. The van der Waals surface area contributed by atoms with E-state index in [4.69, 9.17) is 10.5 Å². The van der Waals surface area contributed by atoms with Gasteiger partial charge in [-0.25, -0.2) is 0 Å². The number of nitrogens with zero attached hydrogens (tertiary/aromatic N) is 3. The molecule has 3 rings (SSSR count). The van der Waals surface area contributed by atoms with Gasteiger partial charge in [-0.1, -0.05) is 18.2 Å². The second kappa shape index (κ2) is 16.0. The molecule has 1 aliphatic heterocycles. The Balaban J connectivity index is 1.47. The first-order valence-electron chi connectivity index (χ1n) is 14.3. The third-order valence-electron chi connectivity index (χ3n) is 7.59. The second-order valence-corrected chi connectivity index (χ2v) is 10.5. The Hall–Kier alpha value is -3.43. The van der Waals surface area contributed by atoms with Gasteiger partial charge in [0, 0.05) is 57.9 Å². The summed E-state index contributed by atoms with van der Waals surface area (Å²) >= 11 is 0. The highest BCUT2D eigenvalue weighted by atomic mass is 16.5. The summed E-state index contributed by atoms with van der Waals surface area (Å²) in [5.74, 6) is 0.614. The predicted octanol–water partition coefficient (Wildman–Crippen LogP) is 3.05. The highest BCUT2D eigenvalue weighted by Crippen LogP contribution is 2.23. The first kappa shape index (κ1) is 31.1. The Labute approximate surface area is 238 Å². The highest BCUT2D eigenvalue weighted by molar-refractivity contribution is 5.83. The summed E-state index contributed by atoms with van der Waals surface area (Å²) in [6.45, 7) is 9.89. The SMILES string of the molecule is CNC(=O)C(CCC=O)N(C=O)Cc1cc(N2CCN(CCCCOc3cccc(C(C)N)c3)CC2)ccc1C. The molecule has 0 aliphatic carbocycles. The van der Waals surface area contributed by atoms with Crippen LogP contribution in [-0.4, -0.2) is 80.8 Å². The number of nitrogens with one attached hydrogen (secondary N) is 1. The van der Waals surface area contributed by atoms with Crippen molar-refractivity contribution < 1.29 is 19.1 Å². The number of rotatable bonds is 16. The summed E-state index contributed by atoms with van der Waals surface area (Å²) in [6.07, 6.45) is 4.09. The van der Waals surface area contributed by atoms with Crippen LogP contribution in [0.4, 0.5) is 5.69 Å². The molecule has 1 saturated heterocycles. The monoisotopic (exact) mass is 551 g/mol. The Kier molecular flexibility index (Phi) is 12.4. The smallest absolute Gasteiger partial charge is 0.242 e. The molecule has 1 fully saturated rings. The van der Waals surface area contributed by atoms with Crippen LogP contribution in [0.1, 0.15) is 55.3 Å². The molecule has 40 heavy (non-hydrogen) atoms. The maximum absolute atomic E-state index is 12.4. The molecule has 2 aromatic rings. The van der Waals surface area contributed by atoms with E-state index in [1.54, 1.807) is 7.05 Å². The van der Waals surface area contributed by atoms with E-state index in [-0.39, 0.29) is 18.4 Å². The molecular formula is C31H45N5O4. The number of ether oxygens (including phenoxy) is 1. The zero-order valence-corrected chi connectivity index (χ0v) is 24.2. The zero-order chi connectivity index (χ0) is 28.9. The number of hydrogen-bond acceptors (Lipinski definition) is 7. The van der Waals surface area contributed by atoms with Gasteiger partial charge in [0.2, 0.25) is 12.3 Å². The molecule has 1 aliphatic rings. The number of piperazine rings is 1. The van der Waals surface area contributed by atoms with Gasteiger partial charge in [0.1, 0.15) is 18.1 Å². The summed E-state index contributed by atoms with van der Waals surface area (Å²) in [4.78, 5) is 41.6. The van der Waals surface area contributed by atoms with Crippen LogP contribution in [0.15, 0.2) is 42.5 Å². The van der Waals surface area contributed by atoms with E-state index in [0.29, 0.717) is 26.0 Å². The molecule has 2 unspecified atom stereocenters. The normalized spacial score (nSPS) is 15.2. The Morgan fingerprint density at radius 2 is 1.90 bits per heavy atom. The lowest BCUT2D eigenvalue weighted by Gasteiger charge is -2.36. The van der Waals surface area contributed by atoms with Crippen molar-refractivity contribution in [1.29, 1.82) is 0 Å². The molecule has 218 valence electrons. The van der Waals surface area contributed by atoms with Crippen molar-refractivity contribution in [3.63, 3.8) is 0 Å². The molecule has 3 N–H and O–H groups in total. The van der Waals surface area contributed by atoms with E-state index in [1.165, 1.54) is 4.90 Å². The first-order valence-corrected chi connectivity index (χ1v) is 14.3. The minimum atomic E-state index is -0.676. The number of carbonyl (C=O) groups is 3. The molecule has 0 saturated carbocycles. The highest BCUT2D eigenvalue weighted by Gasteiger charge is 2.25. The Morgan fingerprint density at radius 3 is 2.58 bits per heavy atom. The average molecular weight is 552 g/mol. The van der Waals surface area contributed by atoms with Crippen LogP contribution in [-0.2, 0) is 20.9 Å². The topological polar surface area (TPSA) is 108 Å². The largest absolute Gasteiger partial charge is 0.494 e. The van der Waals surface area contributed by atoms with Crippen molar-refractivity contribution in [2.45, 2.75) is 58.2 Å². The van der Waals surface area contributed by atoms with Crippen LogP contribution in [0.5, 0.6) is 5.75 Å². The van der Waals surface area contributed by atoms with Gasteiger partial charge >= 0.3 is 0 Å². The van der Waals surface area contributed by atoms with Gasteiger partial charge in [0.15, 0.2) is 0 Å². The number of aryl methyl sites for hydroxylation is 1. The van der Waals surface area contributed by atoms with Crippen LogP contribution in [0, 0.1) is 6.92 Å². The fraction of sp³-hybridized carbons (Fsp3) is 0.516. The van der Waals surface area contributed by atoms with Crippen molar-refractivity contribution in [3.05, 3.63) is 59.2 Å². The van der Waals surface area contributed by atoms with Gasteiger partial charge in [-0.05, 0) is 80.6 Å². The number of benzene rings is 2. The van der Waals surface area contributed by atoms with Crippen LogP contribution in [0.25, 0.3) is 0 Å². The van der Waals surface area contributed by atoms with Crippen LogP contribution < -0.4 is 20.7 Å². The molecule has 9 heteroatoms. The third kappa shape index (κ3) is 9.06. The standard InChI is InChI=1S/C31H45N5O4/c1-24-11-12-28(20-27(24)22-36(23-38)30(10-7-18-37)31(39)33-3)35-16-14-34(15-17-35)13-4-5-19-40-29-9-6-8-26(21-29)25(2)32/h6,8-9,11-12,18,20-21,23,25,30H,4-5,7,10,13-17,19,22,32H2,1-3H3,(H,33,39). The number of aldehydes is 1. The molecule has 2 aromatic carbocycles. The van der Waals surface area contributed by atoms with Crippen molar-refractivity contribution in [3.8, 4) is 5.75 Å². The van der Waals surface area contributed by atoms with E-state index in [2.05, 4.69) is 33.3 Å². The van der Waals surface area contributed by atoms with Crippen LogP contribution >= 0.6 is 0 Å². The van der Waals surface area contributed by atoms with Gasteiger partial charge in [0.25, 0.3) is 0 Å². The summed E-state index contributed by atoms with van der Waals surface area (Å²) in [6, 6.07) is 13.7. The fourth-order valence-corrected chi connectivity index (χ4v) is 5.03. The zero-order valence-electron chi connectivity index (χ0n) is 24.2. The summed E-state index contributed by atoms with van der Waals surface area (Å²) in [5, 5.41) is 2.61. The van der Waals surface area contributed by atoms with Crippen molar-refractivity contribution in [1.82, 2.24) is 15.1 Å². The van der Waals surface area contributed by atoms with Gasteiger partial charge in [-0.15, -0.1) is 0 Å². The number of anilines is 1. The lowest BCUT2D eigenvalue weighted by molar-refractivity contribution is -0.133. The van der Waals surface area contributed by atoms with Crippen LogP contribution in [0.3, 0.4) is 0 Å². The lowest BCUT2D eigenvalue weighted by Crippen LogP contribution is -2.46. The fourth-order valence-electron chi connectivity index (χ4n) is 5.03. The lowest BCUT2D eigenvalue weighted by atomic mass is 10.0. The predicted molar refractivity (Wildman–Crippen MR) is 158 cm³/mol. The first-order chi connectivity index (χ1) is 19.4. The van der Waals surface area contributed by atoms with E-state index < -0.39 is 6.04 Å². The van der Waals surface area contributed by atoms with Crippen molar-refractivity contribution in [2.75, 3.05) is 51.3 Å². The number of hydrogen-bond donors (Lipinski definition) is 2. The molecule has 0 radical (unpaired) electrons. The number of unbranched alkanes of at least 4 members (excludes halogenated alkanes) is 1. The molecule has 0 bridgehead atoms. The molecule has 9 nitrogen and oxygen atoms in total. The quantitative estimate of drug-likeness (QED) is 0.244. The molecule has 0 spiro atoms. The van der Waals surface area contributed by atoms with Gasteiger partial charge in [-0.3, -0.25) is 14.5 Å². The summed E-state index contributed by atoms with van der Waals surface area (Å²) in [7, 11) is 1.54. The van der Waals surface area contributed by atoms with E-state index >= 15 is 0 Å². The number of amides is 2. The number of carbonyl (C=O) groups excluding carboxylic acids is 3. The van der Waals surface area contributed by atoms with Gasteiger partial charge in [0.05, 0.1) is 6.61 Å². The third-order valence-corrected chi connectivity index (χ3v) is 7.59. The van der Waals surface area contributed by atoms with Crippen molar-refractivity contribution in [2.24, 2.45) is 5.73 Å². The van der Waals surface area contributed by atoms with Crippen molar-refractivity contribution >= 4 is 24.3 Å². The number of likely N-dealkylation sites (N-methyl/N-ethyl adjacent to an activating group) is 1. The number of nitrogens with two attached hydrogens (primary N) is 1. The summed E-state index contributed by atoms with van der Waals surface area (Å²) < 4.78 is 5.93.